The number of hydrogen-bond donors (Lipinski definition) is 0. The Bertz CT molecular complexity index is 1480. The van der Waals surface area contributed by atoms with Gasteiger partial charge in [0.15, 0.2) is 0 Å². The molecule has 0 radical (unpaired) electrons. The highest BCUT2D eigenvalue weighted by atomic mass is 16.5. The predicted molar refractivity (Wildman–Crippen MR) is 133 cm³/mol. The number of nitrogens with zero attached hydrogens (tertiary/aromatic N) is 2. The monoisotopic (exact) mass is 528 g/mol. The number of hydrogen-bond acceptors (Lipinski definition) is 8. The average Bonchev–Trinajstić information content (AvgIpc) is 3.53. The van der Waals surface area contributed by atoms with E-state index in [1.165, 1.54) is 14.2 Å². The van der Waals surface area contributed by atoms with E-state index in [0.29, 0.717) is 22.9 Å². The first-order valence-electron chi connectivity index (χ1n) is 12.9. The summed E-state index contributed by atoms with van der Waals surface area (Å²) in [5, 5.41) is 1.40. The van der Waals surface area contributed by atoms with Crippen molar-refractivity contribution in [2.24, 2.45) is 35.5 Å². The Balaban J connectivity index is 1.14. The third kappa shape index (κ3) is 2.86. The molecule has 2 aliphatic heterocycles. The molecule has 2 aromatic carbocycles. The molecule has 0 spiro atoms. The highest BCUT2D eigenvalue weighted by molar-refractivity contribution is 6.25. The van der Waals surface area contributed by atoms with Crippen LogP contribution in [0.1, 0.15) is 27.1 Å². The van der Waals surface area contributed by atoms with E-state index in [2.05, 4.69) is 0 Å². The summed E-state index contributed by atoms with van der Waals surface area (Å²) in [7, 11) is 2.48. The maximum atomic E-state index is 13.6. The van der Waals surface area contributed by atoms with Crippen molar-refractivity contribution in [1.82, 2.24) is 9.80 Å². The summed E-state index contributed by atoms with van der Waals surface area (Å²) >= 11 is 0. The van der Waals surface area contributed by atoms with Crippen molar-refractivity contribution in [3.05, 3.63) is 58.7 Å². The zero-order chi connectivity index (χ0) is 27.3. The summed E-state index contributed by atoms with van der Waals surface area (Å²) in [6.07, 6.45) is 0.556. The first-order chi connectivity index (χ1) is 18.8. The summed E-state index contributed by atoms with van der Waals surface area (Å²) in [6.45, 7) is -0.239. The van der Waals surface area contributed by atoms with Crippen molar-refractivity contribution < 1.29 is 38.2 Å². The third-order valence-corrected chi connectivity index (χ3v) is 9.44. The molecule has 0 aromatic heterocycles. The van der Waals surface area contributed by atoms with Gasteiger partial charge in [0.2, 0.25) is 11.8 Å². The number of benzene rings is 2. The number of rotatable bonds is 5. The topological polar surface area (TPSA) is 127 Å². The number of amides is 4. The van der Waals surface area contributed by atoms with Crippen molar-refractivity contribution >= 4 is 46.3 Å². The summed E-state index contributed by atoms with van der Waals surface area (Å²) in [4.78, 5) is 80.9. The maximum Gasteiger partial charge on any atom is 0.334 e. The zero-order valence-corrected chi connectivity index (χ0v) is 21.2. The van der Waals surface area contributed by atoms with Gasteiger partial charge in [-0.15, -0.1) is 0 Å². The average molecular weight is 529 g/mol. The Morgan fingerprint density at radius 2 is 1.18 bits per heavy atom. The normalized spacial score (nSPS) is 30.1. The van der Waals surface area contributed by atoms with E-state index >= 15 is 0 Å². The lowest BCUT2D eigenvalue weighted by molar-refractivity contribution is -0.144. The lowest BCUT2D eigenvalue weighted by atomic mass is 9.56. The molecular weight excluding hydrogens is 504 g/mol. The van der Waals surface area contributed by atoms with Gasteiger partial charge >= 0.3 is 11.9 Å². The molecule has 198 valence electrons. The van der Waals surface area contributed by atoms with E-state index in [-0.39, 0.29) is 59.7 Å². The van der Waals surface area contributed by atoms with Crippen LogP contribution in [-0.4, -0.2) is 72.7 Å². The Labute approximate surface area is 222 Å². The van der Waals surface area contributed by atoms with Gasteiger partial charge in [0.1, 0.15) is 0 Å². The molecule has 0 unspecified atom stereocenters. The smallest absolute Gasteiger partial charge is 0.334 e. The molecule has 2 saturated carbocycles. The second kappa shape index (κ2) is 8.08. The first kappa shape index (κ1) is 23.8. The van der Waals surface area contributed by atoms with Gasteiger partial charge in [0.25, 0.3) is 11.8 Å². The molecule has 0 N–H and O–H groups in total. The molecule has 7 rings (SSSR count). The Kier molecular flexibility index (Phi) is 4.92. The predicted octanol–water partition coefficient (Wildman–Crippen LogP) is 1.58. The second-order valence-electron chi connectivity index (χ2n) is 10.8. The molecule has 5 aliphatic rings. The minimum absolute atomic E-state index is 0.115. The minimum atomic E-state index is -0.619. The molecule has 1 saturated heterocycles. The number of methoxy groups -OCH3 is 2. The number of carbonyl (C=O) groups excluding carboxylic acids is 6. The van der Waals surface area contributed by atoms with Crippen LogP contribution < -0.4 is 0 Å². The Hall–Kier alpha value is -4.34. The summed E-state index contributed by atoms with van der Waals surface area (Å²) < 4.78 is 9.82. The van der Waals surface area contributed by atoms with Gasteiger partial charge in [0.05, 0.1) is 37.2 Å². The van der Waals surface area contributed by atoms with Crippen molar-refractivity contribution in [3.8, 4) is 0 Å². The van der Waals surface area contributed by atoms with Crippen LogP contribution in [0.3, 0.4) is 0 Å². The highest BCUT2D eigenvalue weighted by Crippen LogP contribution is 2.69. The van der Waals surface area contributed by atoms with Gasteiger partial charge in [-0.25, -0.2) is 9.59 Å². The van der Waals surface area contributed by atoms with Gasteiger partial charge in [-0.05, 0) is 35.8 Å². The summed E-state index contributed by atoms with van der Waals surface area (Å²) in [6, 6.07) is 10.5. The Morgan fingerprint density at radius 3 is 1.64 bits per heavy atom. The Morgan fingerprint density at radius 1 is 0.718 bits per heavy atom. The lowest BCUT2D eigenvalue weighted by Gasteiger charge is -2.44. The largest absolute Gasteiger partial charge is 0.466 e. The van der Waals surface area contributed by atoms with Crippen molar-refractivity contribution in [2.45, 2.75) is 6.42 Å². The molecule has 3 fully saturated rings. The summed E-state index contributed by atoms with van der Waals surface area (Å²) in [5.74, 6) is -5.29. The number of imide groups is 2. The number of ether oxygens (including phenoxy) is 2. The van der Waals surface area contributed by atoms with Crippen LogP contribution in [0, 0.1) is 35.5 Å². The number of esters is 2. The van der Waals surface area contributed by atoms with E-state index in [1.54, 1.807) is 24.3 Å². The zero-order valence-electron chi connectivity index (χ0n) is 21.2. The van der Waals surface area contributed by atoms with E-state index in [1.807, 2.05) is 12.1 Å². The van der Waals surface area contributed by atoms with Gasteiger partial charge in [-0.1, -0.05) is 24.3 Å². The molecule has 6 atom stereocenters. The van der Waals surface area contributed by atoms with Gasteiger partial charge in [-0.2, -0.15) is 0 Å². The van der Waals surface area contributed by atoms with Crippen LogP contribution in [0.25, 0.3) is 10.8 Å². The number of fused-ring (bicyclic) bond motifs is 8. The van der Waals surface area contributed by atoms with Crippen molar-refractivity contribution in [1.29, 1.82) is 0 Å². The van der Waals surface area contributed by atoms with Crippen LogP contribution in [0.5, 0.6) is 0 Å². The molecule has 2 aromatic rings. The van der Waals surface area contributed by atoms with Crippen LogP contribution in [-0.2, 0) is 28.7 Å². The highest BCUT2D eigenvalue weighted by Gasteiger charge is 2.72. The third-order valence-electron chi connectivity index (χ3n) is 9.44. The van der Waals surface area contributed by atoms with Crippen LogP contribution >= 0.6 is 0 Å². The molecule has 10 nitrogen and oxygen atoms in total. The lowest BCUT2D eigenvalue weighted by Crippen LogP contribution is -2.48. The fourth-order valence-electron chi connectivity index (χ4n) is 8.02. The molecule has 2 heterocycles. The molecule has 10 heteroatoms. The second-order valence-corrected chi connectivity index (χ2v) is 10.8. The number of carbonyl (C=O) groups is 6. The summed E-state index contributed by atoms with van der Waals surface area (Å²) in [5.41, 5.74) is 1.31. The van der Waals surface area contributed by atoms with Gasteiger partial charge < -0.3 is 9.47 Å². The van der Waals surface area contributed by atoms with E-state index in [4.69, 9.17) is 9.47 Å². The van der Waals surface area contributed by atoms with Crippen LogP contribution in [0.4, 0.5) is 0 Å². The van der Waals surface area contributed by atoms with Crippen LogP contribution in [0.15, 0.2) is 47.5 Å². The quantitative estimate of drug-likeness (QED) is 0.423. The van der Waals surface area contributed by atoms with Crippen LogP contribution in [0.2, 0.25) is 0 Å². The van der Waals surface area contributed by atoms with Crippen molar-refractivity contribution in [2.75, 3.05) is 27.3 Å². The molecule has 3 aliphatic carbocycles. The molecule has 39 heavy (non-hydrogen) atoms. The SMILES string of the molecule is COC(=O)C1=C(C(=O)OC)[C@H]2[C@H]3C[C@H]([C@H]4C(=O)N(CCN5C(=O)c6cccc7cccc(c67)C5=O)C(=O)[C@@H]34)[C@@H]12. The van der Waals surface area contributed by atoms with Crippen molar-refractivity contribution in [3.63, 3.8) is 0 Å². The van der Waals surface area contributed by atoms with E-state index in [9.17, 15) is 28.8 Å². The standard InChI is InChI=1S/C29H24N2O8/c1-38-28(36)22-18-15-11-16(19(18)23(22)29(37)39-2)21-20(15)26(34)31(27(21)35)10-9-30-24(32)13-7-3-5-12-6-4-8-14(17(12)13)25(30)33/h3-8,15-16,18-21H,9-11H2,1-2H3/t15-,16+,18+,19-,20+,21-. The maximum absolute atomic E-state index is 13.6. The molecular formula is C29H24N2O8. The fraction of sp³-hybridized carbons (Fsp3) is 0.379. The minimum Gasteiger partial charge on any atom is -0.466 e. The van der Waals surface area contributed by atoms with E-state index < -0.39 is 35.6 Å². The van der Waals surface area contributed by atoms with E-state index in [0.717, 1.165) is 15.2 Å². The first-order valence-corrected chi connectivity index (χ1v) is 12.9. The molecule has 2 bridgehead atoms. The van der Waals surface area contributed by atoms with Gasteiger partial charge in [0, 0.05) is 41.4 Å². The number of likely N-dealkylation sites (tertiary alicyclic amines) is 1. The fourth-order valence-corrected chi connectivity index (χ4v) is 8.02. The molecule has 4 amide bonds. The van der Waals surface area contributed by atoms with Gasteiger partial charge in [-0.3, -0.25) is 29.0 Å².